The van der Waals surface area contributed by atoms with Crippen molar-refractivity contribution in [2.45, 2.75) is 32.1 Å². The number of aryl methyl sites for hydroxylation is 2. The van der Waals surface area contributed by atoms with Crippen LogP contribution < -0.4 is 11.1 Å². The number of rotatable bonds is 5. The lowest BCUT2D eigenvalue weighted by atomic mass is 10.0. The fraction of sp³-hybridized carbons (Fsp3) is 0.538. The Morgan fingerprint density at radius 2 is 2.33 bits per heavy atom. The summed E-state index contributed by atoms with van der Waals surface area (Å²) in [6, 6.07) is 0. The third-order valence-corrected chi connectivity index (χ3v) is 4.14. The maximum absolute atomic E-state index is 5.70. The number of nitrogens with two attached hydrogens (primary N) is 1. The normalized spacial score (nSPS) is 15.2. The SMILES string of the molecule is C=CCNC(N)=NCCc1nc2c(s1)CCCC2. The molecule has 0 amide bonds. The van der Waals surface area contributed by atoms with Gasteiger partial charge in [0.25, 0.3) is 0 Å². The molecule has 1 aliphatic carbocycles. The van der Waals surface area contributed by atoms with E-state index in [1.54, 1.807) is 6.08 Å². The standard InChI is InChI=1S/C13H20N4S/c1-2-8-15-13(14)16-9-7-12-17-10-5-3-4-6-11(10)18-12/h2H,1,3-9H2,(H3,14,15,16). The molecular formula is C13H20N4S. The Labute approximate surface area is 112 Å². The van der Waals surface area contributed by atoms with E-state index in [0.29, 0.717) is 19.0 Å². The average Bonchev–Trinajstić information content (AvgIpc) is 2.79. The molecule has 98 valence electrons. The Kier molecular flexibility index (Phi) is 4.75. The van der Waals surface area contributed by atoms with Crippen LogP contribution in [0.1, 0.15) is 28.4 Å². The van der Waals surface area contributed by atoms with Gasteiger partial charge >= 0.3 is 0 Å². The van der Waals surface area contributed by atoms with Gasteiger partial charge in [-0.05, 0) is 25.7 Å². The molecule has 0 atom stereocenters. The van der Waals surface area contributed by atoms with Gasteiger partial charge in [0.15, 0.2) is 5.96 Å². The molecular weight excluding hydrogens is 244 g/mol. The number of nitrogens with one attached hydrogen (secondary N) is 1. The third-order valence-electron chi connectivity index (χ3n) is 2.93. The van der Waals surface area contributed by atoms with Gasteiger partial charge in [-0.3, -0.25) is 4.99 Å². The van der Waals surface area contributed by atoms with Crippen LogP contribution in [0.15, 0.2) is 17.6 Å². The first kappa shape index (κ1) is 13.1. The Balaban J connectivity index is 1.83. The Morgan fingerprint density at radius 3 is 3.11 bits per heavy atom. The van der Waals surface area contributed by atoms with E-state index >= 15 is 0 Å². The summed E-state index contributed by atoms with van der Waals surface area (Å²) in [5.41, 5.74) is 7.02. The van der Waals surface area contributed by atoms with Crippen molar-refractivity contribution in [3.63, 3.8) is 0 Å². The van der Waals surface area contributed by atoms with Gasteiger partial charge in [0, 0.05) is 24.4 Å². The molecule has 0 radical (unpaired) electrons. The van der Waals surface area contributed by atoms with Crippen LogP contribution in [-0.4, -0.2) is 24.0 Å². The minimum Gasteiger partial charge on any atom is -0.370 e. The van der Waals surface area contributed by atoms with Crippen molar-refractivity contribution in [3.05, 3.63) is 28.2 Å². The van der Waals surface area contributed by atoms with Crippen LogP contribution in [-0.2, 0) is 19.3 Å². The van der Waals surface area contributed by atoms with Crippen LogP contribution in [0.3, 0.4) is 0 Å². The minimum atomic E-state index is 0.483. The van der Waals surface area contributed by atoms with E-state index in [2.05, 4.69) is 21.9 Å². The van der Waals surface area contributed by atoms with Crippen LogP contribution in [0.5, 0.6) is 0 Å². The van der Waals surface area contributed by atoms with Crippen molar-refractivity contribution in [3.8, 4) is 0 Å². The number of hydrogen-bond acceptors (Lipinski definition) is 3. The van der Waals surface area contributed by atoms with Crippen LogP contribution in [0.2, 0.25) is 0 Å². The van der Waals surface area contributed by atoms with E-state index in [0.717, 1.165) is 12.8 Å². The summed E-state index contributed by atoms with van der Waals surface area (Å²) in [6.45, 7) is 4.97. The van der Waals surface area contributed by atoms with Crippen LogP contribution in [0.25, 0.3) is 0 Å². The van der Waals surface area contributed by atoms with Crippen molar-refractivity contribution in [1.29, 1.82) is 0 Å². The maximum Gasteiger partial charge on any atom is 0.188 e. The molecule has 4 nitrogen and oxygen atoms in total. The van der Waals surface area contributed by atoms with Gasteiger partial charge in [-0.25, -0.2) is 4.98 Å². The zero-order chi connectivity index (χ0) is 12.8. The second-order valence-corrected chi connectivity index (χ2v) is 5.54. The molecule has 1 heterocycles. The smallest absolute Gasteiger partial charge is 0.188 e. The number of aromatic nitrogens is 1. The van der Waals surface area contributed by atoms with Crippen molar-refractivity contribution >= 4 is 17.3 Å². The van der Waals surface area contributed by atoms with Gasteiger partial charge in [-0.2, -0.15) is 0 Å². The molecule has 1 aromatic rings. The molecule has 1 aliphatic rings. The van der Waals surface area contributed by atoms with Crippen molar-refractivity contribution in [2.24, 2.45) is 10.7 Å². The zero-order valence-corrected chi connectivity index (χ0v) is 11.4. The predicted molar refractivity (Wildman–Crippen MR) is 77.1 cm³/mol. The number of nitrogens with zero attached hydrogens (tertiary/aromatic N) is 2. The minimum absolute atomic E-state index is 0.483. The molecule has 3 N–H and O–H groups in total. The van der Waals surface area contributed by atoms with Gasteiger partial charge < -0.3 is 11.1 Å². The molecule has 18 heavy (non-hydrogen) atoms. The van der Waals surface area contributed by atoms with Crippen LogP contribution in [0, 0.1) is 0 Å². The van der Waals surface area contributed by atoms with Gasteiger partial charge in [0.2, 0.25) is 0 Å². The maximum atomic E-state index is 5.70. The quantitative estimate of drug-likeness (QED) is 0.483. The summed E-state index contributed by atoms with van der Waals surface area (Å²) in [5.74, 6) is 0.483. The van der Waals surface area contributed by atoms with Crippen LogP contribution >= 0.6 is 11.3 Å². The first-order valence-electron chi connectivity index (χ1n) is 6.41. The molecule has 0 bridgehead atoms. The van der Waals surface area contributed by atoms with E-state index < -0.39 is 0 Å². The molecule has 0 spiro atoms. The van der Waals surface area contributed by atoms with Crippen molar-refractivity contribution < 1.29 is 0 Å². The lowest BCUT2D eigenvalue weighted by Gasteiger charge is -2.06. The highest BCUT2D eigenvalue weighted by molar-refractivity contribution is 7.11. The first-order chi connectivity index (χ1) is 8.79. The monoisotopic (exact) mass is 264 g/mol. The first-order valence-corrected chi connectivity index (χ1v) is 7.23. The Morgan fingerprint density at radius 1 is 1.50 bits per heavy atom. The van der Waals surface area contributed by atoms with Gasteiger partial charge in [-0.1, -0.05) is 6.08 Å². The molecule has 5 heteroatoms. The summed E-state index contributed by atoms with van der Waals surface area (Å²) in [6.07, 6.45) is 7.60. The van der Waals surface area contributed by atoms with E-state index in [1.165, 1.54) is 34.8 Å². The number of hydrogen-bond donors (Lipinski definition) is 2. The molecule has 1 aromatic heterocycles. The van der Waals surface area contributed by atoms with Crippen molar-refractivity contribution in [1.82, 2.24) is 10.3 Å². The topological polar surface area (TPSA) is 63.3 Å². The summed E-state index contributed by atoms with van der Waals surface area (Å²) in [4.78, 5) is 10.4. The number of guanidine groups is 1. The predicted octanol–water partition coefficient (Wildman–Crippen LogP) is 1.65. The molecule has 0 fully saturated rings. The highest BCUT2D eigenvalue weighted by Crippen LogP contribution is 2.26. The zero-order valence-electron chi connectivity index (χ0n) is 10.6. The van der Waals surface area contributed by atoms with Crippen LogP contribution in [0.4, 0.5) is 0 Å². The molecule has 0 unspecified atom stereocenters. The average molecular weight is 264 g/mol. The second-order valence-electron chi connectivity index (χ2n) is 4.37. The van der Waals surface area contributed by atoms with Gasteiger partial charge in [-0.15, -0.1) is 17.9 Å². The van der Waals surface area contributed by atoms with Gasteiger partial charge in [0.1, 0.15) is 0 Å². The number of aliphatic imine (C=N–C) groups is 1. The van der Waals surface area contributed by atoms with Crippen molar-refractivity contribution in [2.75, 3.05) is 13.1 Å². The van der Waals surface area contributed by atoms with Gasteiger partial charge in [0.05, 0.1) is 10.7 Å². The van der Waals surface area contributed by atoms with E-state index in [-0.39, 0.29) is 0 Å². The second kappa shape index (κ2) is 6.54. The van der Waals surface area contributed by atoms with E-state index in [9.17, 15) is 0 Å². The molecule has 0 saturated heterocycles. The number of fused-ring (bicyclic) bond motifs is 1. The fourth-order valence-electron chi connectivity index (χ4n) is 2.02. The lowest BCUT2D eigenvalue weighted by Crippen LogP contribution is -2.31. The molecule has 0 aromatic carbocycles. The Bertz CT molecular complexity index is 413. The molecule has 2 rings (SSSR count). The summed E-state index contributed by atoms with van der Waals surface area (Å²) in [7, 11) is 0. The summed E-state index contributed by atoms with van der Waals surface area (Å²) < 4.78 is 0. The molecule has 0 aliphatic heterocycles. The molecule has 0 saturated carbocycles. The number of thiazole rings is 1. The highest BCUT2D eigenvalue weighted by Gasteiger charge is 2.14. The van der Waals surface area contributed by atoms with E-state index in [1.807, 2.05) is 11.3 Å². The summed E-state index contributed by atoms with van der Waals surface area (Å²) in [5, 5.41) is 4.16. The largest absolute Gasteiger partial charge is 0.370 e. The summed E-state index contributed by atoms with van der Waals surface area (Å²) >= 11 is 1.85. The lowest BCUT2D eigenvalue weighted by molar-refractivity contribution is 0.680. The third kappa shape index (κ3) is 3.57. The highest BCUT2D eigenvalue weighted by atomic mass is 32.1. The Hall–Kier alpha value is -1.36. The van der Waals surface area contributed by atoms with E-state index in [4.69, 9.17) is 5.73 Å². The fourth-order valence-corrected chi connectivity index (χ4v) is 3.16.